The van der Waals surface area contributed by atoms with Gasteiger partial charge >= 0.3 is 0 Å². The fourth-order valence-electron chi connectivity index (χ4n) is 2.68. The quantitative estimate of drug-likeness (QED) is 0.872. The van der Waals surface area contributed by atoms with Gasteiger partial charge in [0, 0.05) is 18.1 Å². The summed E-state index contributed by atoms with van der Waals surface area (Å²) < 4.78 is 18.8. The summed E-state index contributed by atoms with van der Waals surface area (Å²) >= 11 is 0. The molecule has 1 fully saturated rings. The maximum atomic E-state index is 13.6. The first-order valence-electron chi connectivity index (χ1n) is 6.70. The van der Waals surface area contributed by atoms with E-state index < -0.39 is 5.82 Å². The molecule has 2 aliphatic rings. The predicted octanol–water partition coefficient (Wildman–Crippen LogP) is 2.29. The number of nitrogens with one attached hydrogen (secondary N) is 2. The van der Waals surface area contributed by atoms with Crippen LogP contribution in [0.1, 0.15) is 25.7 Å². The molecule has 1 aliphatic carbocycles. The van der Waals surface area contributed by atoms with Crippen molar-refractivity contribution in [2.75, 3.05) is 17.2 Å². The maximum Gasteiger partial charge on any atom is 0.262 e. The minimum Gasteiger partial charge on any atom is -0.479 e. The largest absolute Gasteiger partial charge is 0.479 e. The number of hydrogen-bond donors (Lipinski definition) is 2. The van der Waals surface area contributed by atoms with Crippen molar-refractivity contribution in [2.45, 2.75) is 25.7 Å². The van der Waals surface area contributed by atoms with Gasteiger partial charge in [-0.1, -0.05) is 12.8 Å². The average Bonchev–Trinajstić information content (AvgIpc) is 2.91. The first-order valence-corrected chi connectivity index (χ1v) is 6.70. The van der Waals surface area contributed by atoms with E-state index in [1.54, 1.807) is 0 Å². The number of benzene rings is 1. The van der Waals surface area contributed by atoms with Gasteiger partial charge in [0.25, 0.3) is 5.91 Å². The Morgan fingerprint density at radius 2 is 2.10 bits per heavy atom. The maximum absolute atomic E-state index is 13.6. The molecule has 6 heteroatoms. The van der Waals surface area contributed by atoms with Gasteiger partial charge in [0.2, 0.25) is 5.91 Å². The standard InChI is InChI=1S/C14H15FN2O3/c15-9-5-10-13(20-7-12(18)16-10)11(6-9)17-14(19)8-3-1-2-4-8/h5-6,8H,1-4,7H2,(H,16,18)(H,17,19). The topological polar surface area (TPSA) is 67.4 Å². The first kappa shape index (κ1) is 12.9. The third kappa shape index (κ3) is 2.45. The highest BCUT2D eigenvalue weighted by molar-refractivity contribution is 6.00. The molecule has 1 aromatic carbocycles. The summed E-state index contributed by atoms with van der Waals surface area (Å²) in [5.41, 5.74) is 0.528. The van der Waals surface area contributed by atoms with E-state index in [1.807, 2.05) is 0 Å². The molecule has 0 saturated heterocycles. The molecular weight excluding hydrogens is 263 g/mol. The summed E-state index contributed by atoms with van der Waals surface area (Å²) in [5, 5.41) is 5.24. The number of hydrogen-bond acceptors (Lipinski definition) is 3. The molecule has 3 rings (SSSR count). The Hall–Kier alpha value is -2.11. The summed E-state index contributed by atoms with van der Waals surface area (Å²) in [7, 11) is 0. The molecule has 20 heavy (non-hydrogen) atoms. The van der Waals surface area contributed by atoms with Crippen molar-refractivity contribution in [2.24, 2.45) is 5.92 Å². The van der Waals surface area contributed by atoms with Crippen LogP contribution in [0.2, 0.25) is 0 Å². The van der Waals surface area contributed by atoms with E-state index in [9.17, 15) is 14.0 Å². The molecule has 0 atom stereocenters. The van der Waals surface area contributed by atoms with E-state index in [1.165, 1.54) is 12.1 Å². The minimum atomic E-state index is -0.531. The smallest absolute Gasteiger partial charge is 0.262 e. The lowest BCUT2D eigenvalue weighted by molar-refractivity contribution is -0.119. The molecule has 0 bridgehead atoms. The van der Waals surface area contributed by atoms with Crippen LogP contribution in [-0.2, 0) is 9.59 Å². The third-order valence-electron chi connectivity index (χ3n) is 3.66. The van der Waals surface area contributed by atoms with Gasteiger partial charge in [0.15, 0.2) is 12.4 Å². The van der Waals surface area contributed by atoms with E-state index in [0.717, 1.165) is 25.7 Å². The molecule has 2 N–H and O–H groups in total. The third-order valence-corrected chi connectivity index (χ3v) is 3.66. The van der Waals surface area contributed by atoms with Gasteiger partial charge in [-0.05, 0) is 12.8 Å². The lowest BCUT2D eigenvalue weighted by atomic mass is 10.1. The van der Waals surface area contributed by atoms with Crippen LogP contribution >= 0.6 is 0 Å². The second-order valence-corrected chi connectivity index (χ2v) is 5.14. The van der Waals surface area contributed by atoms with Gasteiger partial charge in [-0.25, -0.2) is 4.39 Å². The van der Waals surface area contributed by atoms with E-state index in [-0.39, 0.29) is 35.7 Å². The molecule has 0 radical (unpaired) electrons. The lowest BCUT2D eigenvalue weighted by Crippen LogP contribution is -2.27. The summed E-state index contributed by atoms with van der Waals surface area (Å²) in [6.07, 6.45) is 3.82. The van der Waals surface area contributed by atoms with Crippen molar-refractivity contribution in [3.63, 3.8) is 0 Å². The van der Waals surface area contributed by atoms with Crippen LogP contribution in [0.3, 0.4) is 0 Å². The lowest BCUT2D eigenvalue weighted by Gasteiger charge is -2.21. The number of halogens is 1. The second-order valence-electron chi connectivity index (χ2n) is 5.14. The molecule has 2 amide bonds. The Bertz CT molecular complexity index is 568. The van der Waals surface area contributed by atoms with Gasteiger partial charge in [-0.2, -0.15) is 0 Å². The van der Waals surface area contributed by atoms with Gasteiger partial charge in [-0.3, -0.25) is 9.59 Å². The summed E-state index contributed by atoms with van der Waals surface area (Å²) in [4.78, 5) is 23.3. The number of ether oxygens (including phenoxy) is 1. The summed E-state index contributed by atoms with van der Waals surface area (Å²) in [5.74, 6) is -0.687. The van der Waals surface area contributed by atoms with Gasteiger partial charge in [0.1, 0.15) is 5.82 Å². The van der Waals surface area contributed by atoms with Crippen LogP contribution in [0, 0.1) is 11.7 Å². The average molecular weight is 278 g/mol. The molecule has 1 aromatic rings. The number of carbonyl (C=O) groups excluding carboxylic acids is 2. The van der Waals surface area contributed by atoms with Crippen LogP contribution in [0.15, 0.2) is 12.1 Å². The number of carbonyl (C=O) groups is 2. The van der Waals surface area contributed by atoms with Crippen molar-refractivity contribution >= 4 is 23.2 Å². The highest BCUT2D eigenvalue weighted by Crippen LogP contribution is 2.37. The van der Waals surface area contributed by atoms with Crippen LogP contribution in [0.25, 0.3) is 0 Å². The summed E-state index contributed by atoms with van der Waals surface area (Å²) in [6, 6.07) is 2.39. The zero-order chi connectivity index (χ0) is 14.1. The number of fused-ring (bicyclic) bond motifs is 1. The number of amides is 2. The Morgan fingerprint density at radius 3 is 2.85 bits per heavy atom. The van der Waals surface area contributed by atoms with Crippen LogP contribution in [0.4, 0.5) is 15.8 Å². The van der Waals surface area contributed by atoms with E-state index in [0.29, 0.717) is 5.75 Å². The second kappa shape index (κ2) is 5.11. The van der Waals surface area contributed by atoms with Crippen molar-refractivity contribution in [3.8, 4) is 5.75 Å². The molecule has 1 aliphatic heterocycles. The number of anilines is 2. The fraction of sp³-hybridized carbons (Fsp3) is 0.429. The van der Waals surface area contributed by atoms with Crippen molar-refractivity contribution in [1.29, 1.82) is 0 Å². The molecule has 1 heterocycles. The number of rotatable bonds is 2. The first-order chi connectivity index (χ1) is 9.63. The fourth-order valence-corrected chi connectivity index (χ4v) is 2.68. The molecule has 0 aromatic heterocycles. The van der Waals surface area contributed by atoms with Crippen LogP contribution in [0.5, 0.6) is 5.75 Å². The Morgan fingerprint density at radius 1 is 1.35 bits per heavy atom. The normalized spacial score (nSPS) is 18.1. The molecule has 0 spiro atoms. The van der Waals surface area contributed by atoms with Crippen molar-refractivity contribution in [3.05, 3.63) is 17.9 Å². The van der Waals surface area contributed by atoms with Gasteiger partial charge < -0.3 is 15.4 Å². The zero-order valence-corrected chi connectivity index (χ0v) is 10.9. The molecule has 5 nitrogen and oxygen atoms in total. The monoisotopic (exact) mass is 278 g/mol. The van der Waals surface area contributed by atoms with Gasteiger partial charge in [-0.15, -0.1) is 0 Å². The van der Waals surface area contributed by atoms with E-state index in [2.05, 4.69) is 10.6 Å². The molecule has 1 saturated carbocycles. The van der Waals surface area contributed by atoms with Crippen LogP contribution in [-0.4, -0.2) is 18.4 Å². The Balaban J connectivity index is 1.85. The van der Waals surface area contributed by atoms with E-state index >= 15 is 0 Å². The van der Waals surface area contributed by atoms with Crippen molar-refractivity contribution in [1.82, 2.24) is 0 Å². The van der Waals surface area contributed by atoms with Gasteiger partial charge in [0.05, 0.1) is 11.4 Å². The molecule has 106 valence electrons. The van der Waals surface area contributed by atoms with E-state index in [4.69, 9.17) is 4.74 Å². The highest BCUT2D eigenvalue weighted by atomic mass is 19.1. The Labute approximate surface area is 115 Å². The molecule has 0 unspecified atom stereocenters. The molecular formula is C14H15FN2O3. The zero-order valence-electron chi connectivity index (χ0n) is 10.9. The predicted molar refractivity (Wildman–Crippen MR) is 71.1 cm³/mol. The summed E-state index contributed by atoms with van der Waals surface area (Å²) in [6.45, 7) is -0.134. The SMILES string of the molecule is O=C1COc2c(cc(F)cc2NC(=O)C2CCCC2)N1. The van der Waals surface area contributed by atoms with Crippen molar-refractivity contribution < 1.29 is 18.7 Å². The van der Waals surface area contributed by atoms with Crippen LogP contribution < -0.4 is 15.4 Å². The minimum absolute atomic E-state index is 0.0212. The Kier molecular flexibility index (Phi) is 3.30. The highest BCUT2D eigenvalue weighted by Gasteiger charge is 2.26.